The molecule has 1 aliphatic rings. The molecule has 1 aliphatic heterocycles. The average Bonchev–Trinajstić information content (AvgIpc) is 1.82. The molecule has 0 spiro atoms. The zero-order valence-electron chi connectivity index (χ0n) is 5.60. The van der Waals surface area contributed by atoms with Crippen LogP contribution >= 0.6 is 7.92 Å². The van der Waals surface area contributed by atoms with Crippen LogP contribution in [0, 0.1) is 11.6 Å². The van der Waals surface area contributed by atoms with Gasteiger partial charge in [0, 0.05) is 6.16 Å². The first kappa shape index (κ1) is 6.29. The van der Waals surface area contributed by atoms with Crippen LogP contribution in [0.1, 0.15) is 13.8 Å². The Morgan fingerprint density at radius 2 is 2.12 bits per heavy atom. The Balaban J connectivity index is 2.58. The largest absolute Gasteiger partial charge is 0.0775 e. The molecule has 1 heteroatoms. The van der Waals surface area contributed by atoms with Crippen molar-refractivity contribution in [3.63, 3.8) is 0 Å². The normalized spacial score (nSPS) is 33.6. The summed E-state index contributed by atoms with van der Waals surface area (Å²) in [5, 5.41) is 0. The van der Waals surface area contributed by atoms with Gasteiger partial charge >= 0.3 is 0 Å². The van der Waals surface area contributed by atoms with Crippen LogP contribution in [-0.4, -0.2) is 6.66 Å². The Morgan fingerprint density at radius 1 is 1.50 bits per heavy atom. The smallest absolute Gasteiger partial charge is 0.0255 e. The first-order valence-corrected chi connectivity index (χ1v) is 4.66. The van der Waals surface area contributed by atoms with E-state index in [1.165, 1.54) is 0 Å². The van der Waals surface area contributed by atoms with E-state index in [2.05, 4.69) is 38.6 Å². The zero-order chi connectivity index (χ0) is 6.20. The van der Waals surface area contributed by atoms with E-state index in [0.717, 1.165) is 0 Å². The van der Waals surface area contributed by atoms with E-state index in [0.29, 0.717) is 0 Å². The lowest BCUT2D eigenvalue weighted by Crippen LogP contribution is -2.00. The van der Waals surface area contributed by atoms with Gasteiger partial charge in [0.1, 0.15) is 0 Å². The standard InChI is InChI=1S/C7H11P/c1-7(2)4-5-8(3)6-7/h4-5H,1-3H3. The predicted octanol–water partition coefficient (Wildman–Crippen LogP) is 2.69. The summed E-state index contributed by atoms with van der Waals surface area (Å²) in [5.74, 6) is 2.26. The van der Waals surface area contributed by atoms with E-state index in [1.54, 1.807) is 0 Å². The van der Waals surface area contributed by atoms with Gasteiger partial charge in [-0.25, -0.2) is 0 Å². The molecule has 8 heavy (non-hydrogen) atoms. The van der Waals surface area contributed by atoms with Crippen molar-refractivity contribution in [2.75, 3.05) is 6.66 Å². The molecule has 0 aromatic rings. The minimum atomic E-state index is 0.0165. The van der Waals surface area contributed by atoms with Crippen LogP contribution in [0.4, 0.5) is 0 Å². The fraction of sp³-hybridized carbons (Fsp3) is 0.571. The van der Waals surface area contributed by atoms with Crippen molar-refractivity contribution < 1.29 is 0 Å². The molecule has 0 nitrogen and oxygen atoms in total. The fourth-order valence-corrected chi connectivity index (χ4v) is 2.48. The van der Waals surface area contributed by atoms with Gasteiger partial charge in [-0.05, 0) is 12.1 Å². The summed E-state index contributed by atoms with van der Waals surface area (Å²) in [5.41, 5.74) is 0.264. The lowest BCUT2D eigenvalue weighted by Gasteiger charge is -2.12. The third kappa shape index (κ3) is 1.32. The summed E-state index contributed by atoms with van der Waals surface area (Å²) in [4.78, 5) is 0. The number of hydrogen-bond donors (Lipinski definition) is 0. The molecular formula is C7H11P. The molecule has 0 aromatic heterocycles. The molecular weight excluding hydrogens is 115 g/mol. The molecule has 1 atom stereocenters. The fourth-order valence-electron chi connectivity index (χ4n) is 0.827. The van der Waals surface area contributed by atoms with Crippen molar-refractivity contribution in [3.8, 4) is 0 Å². The van der Waals surface area contributed by atoms with E-state index in [4.69, 9.17) is 0 Å². The van der Waals surface area contributed by atoms with Crippen LogP contribution in [0.2, 0.25) is 0 Å². The van der Waals surface area contributed by atoms with Gasteiger partial charge in [0.25, 0.3) is 0 Å². The third-order valence-corrected chi connectivity index (χ3v) is 2.70. The predicted molar refractivity (Wildman–Crippen MR) is 39.0 cm³/mol. The van der Waals surface area contributed by atoms with Gasteiger partial charge in [-0.1, -0.05) is 33.7 Å². The maximum Gasteiger partial charge on any atom is 0.0255 e. The van der Waals surface area contributed by atoms with E-state index in [9.17, 15) is 0 Å². The highest BCUT2D eigenvalue weighted by Gasteiger charge is 2.22. The lowest BCUT2D eigenvalue weighted by atomic mass is 9.98. The summed E-state index contributed by atoms with van der Waals surface area (Å²) in [6.07, 6.45) is 5.68. The molecule has 1 rings (SSSR count). The zero-order valence-corrected chi connectivity index (χ0v) is 6.50. The molecule has 0 bridgehead atoms. The third-order valence-electron chi connectivity index (χ3n) is 1.18. The van der Waals surface area contributed by atoms with Crippen molar-refractivity contribution in [3.05, 3.63) is 18.1 Å². The van der Waals surface area contributed by atoms with Crippen molar-refractivity contribution >= 4 is 7.92 Å². The second-order valence-corrected chi connectivity index (χ2v) is 4.50. The highest BCUT2D eigenvalue weighted by molar-refractivity contribution is 7.62. The van der Waals surface area contributed by atoms with E-state index in [1.807, 2.05) is 0 Å². The quantitative estimate of drug-likeness (QED) is 0.438. The summed E-state index contributed by atoms with van der Waals surface area (Å²) in [6, 6.07) is 0. The topological polar surface area (TPSA) is 0 Å². The van der Waals surface area contributed by atoms with Gasteiger partial charge in [-0.2, -0.15) is 0 Å². The molecule has 0 N–H and O–H groups in total. The van der Waals surface area contributed by atoms with E-state index < -0.39 is 0 Å². The lowest BCUT2D eigenvalue weighted by molar-refractivity contribution is 0.613. The molecule has 0 saturated heterocycles. The first-order valence-electron chi connectivity index (χ1n) is 2.80. The molecule has 44 valence electrons. The summed E-state index contributed by atoms with van der Waals surface area (Å²) in [6.45, 7) is 6.60. The van der Waals surface area contributed by atoms with Crippen LogP contribution in [0.5, 0.6) is 0 Å². The monoisotopic (exact) mass is 126 g/mol. The second-order valence-electron chi connectivity index (χ2n) is 2.76. The Morgan fingerprint density at radius 3 is 2.25 bits per heavy atom. The van der Waals surface area contributed by atoms with Gasteiger partial charge in [0.15, 0.2) is 0 Å². The summed E-state index contributed by atoms with van der Waals surface area (Å²) in [7, 11) is 0.0165. The Hall–Kier alpha value is 0.170. The van der Waals surface area contributed by atoms with Crippen molar-refractivity contribution in [1.82, 2.24) is 0 Å². The van der Waals surface area contributed by atoms with Crippen LogP contribution in [0.15, 0.2) is 11.9 Å². The molecule has 0 amide bonds. The average molecular weight is 126 g/mol. The Kier molecular flexibility index (Phi) is 1.45. The van der Waals surface area contributed by atoms with Gasteiger partial charge < -0.3 is 0 Å². The summed E-state index contributed by atoms with van der Waals surface area (Å²) < 4.78 is 0. The van der Waals surface area contributed by atoms with Crippen molar-refractivity contribution in [1.29, 1.82) is 0 Å². The van der Waals surface area contributed by atoms with Crippen molar-refractivity contribution in [2.24, 2.45) is 5.41 Å². The van der Waals surface area contributed by atoms with Crippen LogP contribution in [0.25, 0.3) is 0 Å². The minimum absolute atomic E-state index is 0.0165. The number of allylic oxidation sites excluding steroid dienone is 1. The molecule has 0 saturated carbocycles. The van der Waals surface area contributed by atoms with Crippen LogP contribution < -0.4 is 0 Å². The molecule has 0 fully saturated rings. The molecule has 1 heterocycles. The molecule has 2 radical (unpaired) electrons. The highest BCUT2D eigenvalue weighted by atomic mass is 31.1. The van der Waals surface area contributed by atoms with Gasteiger partial charge in [0.2, 0.25) is 0 Å². The Bertz CT molecular complexity index is 114. The highest BCUT2D eigenvalue weighted by Crippen LogP contribution is 2.51. The van der Waals surface area contributed by atoms with Gasteiger partial charge in [-0.3, -0.25) is 0 Å². The molecule has 0 aliphatic carbocycles. The van der Waals surface area contributed by atoms with E-state index in [-0.39, 0.29) is 13.3 Å². The maximum atomic E-state index is 3.45. The molecule has 1 unspecified atom stereocenters. The van der Waals surface area contributed by atoms with Crippen LogP contribution in [-0.2, 0) is 0 Å². The van der Waals surface area contributed by atoms with Gasteiger partial charge in [0.05, 0.1) is 0 Å². The first-order chi connectivity index (χ1) is 3.60. The van der Waals surface area contributed by atoms with Gasteiger partial charge in [-0.15, -0.1) is 0 Å². The second kappa shape index (κ2) is 1.84. The molecule has 0 aromatic carbocycles. The van der Waals surface area contributed by atoms with Crippen molar-refractivity contribution in [2.45, 2.75) is 13.8 Å². The SMILES string of the molecule is CP1[C]C(C)(C)C=C1. The van der Waals surface area contributed by atoms with Crippen LogP contribution in [0.3, 0.4) is 0 Å². The Labute approximate surface area is 52.7 Å². The minimum Gasteiger partial charge on any atom is -0.0775 e. The number of hydrogen-bond acceptors (Lipinski definition) is 0. The van der Waals surface area contributed by atoms with E-state index >= 15 is 0 Å². The number of rotatable bonds is 0. The summed E-state index contributed by atoms with van der Waals surface area (Å²) >= 11 is 0. The maximum absolute atomic E-state index is 3.45.